The summed E-state index contributed by atoms with van der Waals surface area (Å²) in [6, 6.07) is 11.9. The number of hydrogen-bond donors (Lipinski definition) is 1. The highest BCUT2D eigenvalue weighted by Crippen LogP contribution is 2.43. The molecule has 1 aromatic rings. The molecule has 3 heteroatoms. The van der Waals surface area contributed by atoms with Crippen LogP contribution in [0.4, 0.5) is 0 Å². The maximum Gasteiger partial charge on any atom is 0.0677 e. The Hall–Kier alpha value is -0.900. The normalized spacial score (nSPS) is 31.5. The smallest absolute Gasteiger partial charge is 0.0677 e. The Morgan fingerprint density at radius 3 is 2.45 bits per heavy atom. The maximum absolute atomic E-state index is 11.0. The summed E-state index contributed by atoms with van der Waals surface area (Å²) in [6.45, 7) is 1.85. The molecule has 2 aliphatic rings. The van der Waals surface area contributed by atoms with E-state index in [1.54, 1.807) is 7.11 Å². The average Bonchev–Trinajstić information content (AvgIpc) is 2.77. The van der Waals surface area contributed by atoms with Gasteiger partial charge in [-0.05, 0) is 50.5 Å². The van der Waals surface area contributed by atoms with Crippen LogP contribution in [0.3, 0.4) is 0 Å². The molecular formula is C19H29NO2. The van der Waals surface area contributed by atoms with Gasteiger partial charge in [0.1, 0.15) is 0 Å². The molecule has 2 fully saturated rings. The number of methoxy groups -OCH3 is 1. The van der Waals surface area contributed by atoms with Gasteiger partial charge < -0.3 is 9.84 Å². The van der Waals surface area contributed by atoms with Gasteiger partial charge in [0.15, 0.2) is 0 Å². The van der Waals surface area contributed by atoms with Crippen molar-refractivity contribution in [1.29, 1.82) is 0 Å². The van der Waals surface area contributed by atoms with Crippen molar-refractivity contribution in [3.63, 3.8) is 0 Å². The molecule has 2 saturated heterocycles. The van der Waals surface area contributed by atoms with Gasteiger partial charge in [-0.1, -0.05) is 30.3 Å². The fourth-order valence-corrected chi connectivity index (χ4v) is 4.37. The number of piperidine rings is 1. The molecule has 2 unspecified atom stereocenters. The van der Waals surface area contributed by atoms with E-state index in [-0.39, 0.29) is 0 Å². The highest BCUT2D eigenvalue weighted by atomic mass is 16.5. The first-order valence-electron chi connectivity index (χ1n) is 8.71. The molecule has 2 aliphatic heterocycles. The van der Waals surface area contributed by atoms with Crippen LogP contribution in [0.1, 0.15) is 50.5 Å². The number of hydrogen-bond acceptors (Lipinski definition) is 3. The van der Waals surface area contributed by atoms with Gasteiger partial charge in [0.2, 0.25) is 0 Å². The van der Waals surface area contributed by atoms with E-state index in [1.165, 1.54) is 18.4 Å². The van der Waals surface area contributed by atoms with Crippen LogP contribution in [0, 0.1) is 0 Å². The lowest BCUT2D eigenvalue weighted by Gasteiger charge is -2.44. The largest absolute Gasteiger partial charge is 0.390 e. The van der Waals surface area contributed by atoms with Crippen molar-refractivity contribution < 1.29 is 9.84 Å². The summed E-state index contributed by atoms with van der Waals surface area (Å²) in [6.07, 6.45) is 7.45. The zero-order valence-corrected chi connectivity index (χ0v) is 13.7. The van der Waals surface area contributed by atoms with Crippen LogP contribution in [0.2, 0.25) is 0 Å². The Morgan fingerprint density at radius 1 is 1.14 bits per heavy atom. The molecule has 1 N–H and O–H groups in total. The Balaban J connectivity index is 1.56. The van der Waals surface area contributed by atoms with Crippen molar-refractivity contribution in [2.45, 2.75) is 69.2 Å². The summed E-state index contributed by atoms with van der Waals surface area (Å²) in [4.78, 5) is 2.64. The third-order valence-electron chi connectivity index (χ3n) is 5.45. The molecule has 2 atom stereocenters. The first kappa shape index (κ1) is 16.0. The SMILES string of the molecule is COCCCCC1(O)CC2CCC(C1)N2Cc1ccccc1. The minimum Gasteiger partial charge on any atom is -0.390 e. The molecule has 0 aromatic heterocycles. The quantitative estimate of drug-likeness (QED) is 0.784. The lowest BCUT2D eigenvalue weighted by Crippen LogP contribution is -2.50. The van der Waals surface area contributed by atoms with Gasteiger partial charge in [0.05, 0.1) is 5.60 Å². The van der Waals surface area contributed by atoms with Crippen LogP contribution in [-0.2, 0) is 11.3 Å². The predicted octanol–water partition coefficient (Wildman–Crippen LogP) is 3.36. The molecule has 0 amide bonds. The second-order valence-electron chi connectivity index (χ2n) is 7.13. The molecule has 122 valence electrons. The third kappa shape index (κ3) is 3.70. The van der Waals surface area contributed by atoms with Crippen LogP contribution in [0.15, 0.2) is 30.3 Å². The molecule has 0 radical (unpaired) electrons. The number of fused-ring (bicyclic) bond motifs is 2. The topological polar surface area (TPSA) is 32.7 Å². The minimum absolute atomic E-state index is 0.438. The first-order chi connectivity index (χ1) is 10.7. The van der Waals surface area contributed by atoms with Gasteiger partial charge >= 0.3 is 0 Å². The van der Waals surface area contributed by atoms with Gasteiger partial charge in [0.25, 0.3) is 0 Å². The number of aliphatic hydroxyl groups is 1. The zero-order valence-electron chi connectivity index (χ0n) is 13.7. The molecule has 2 bridgehead atoms. The minimum atomic E-state index is -0.438. The molecule has 1 aromatic carbocycles. The number of benzene rings is 1. The van der Waals surface area contributed by atoms with Crippen LogP contribution in [-0.4, -0.2) is 41.4 Å². The molecule has 3 nitrogen and oxygen atoms in total. The Bertz CT molecular complexity index is 448. The Kier molecular flexibility index (Phi) is 5.17. The van der Waals surface area contributed by atoms with Crippen LogP contribution in [0.25, 0.3) is 0 Å². The number of unbranched alkanes of at least 4 members (excludes halogenated alkanes) is 1. The van der Waals surface area contributed by atoms with Crippen LogP contribution in [0.5, 0.6) is 0 Å². The van der Waals surface area contributed by atoms with Crippen molar-refractivity contribution >= 4 is 0 Å². The summed E-state index contributed by atoms with van der Waals surface area (Å²) in [5.41, 5.74) is 0.956. The predicted molar refractivity (Wildman–Crippen MR) is 88.7 cm³/mol. The second kappa shape index (κ2) is 7.12. The molecular weight excluding hydrogens is 274 g/mol. The molecule has 22 heavy (non-hydrogen) atoms. The Labute approximate surface area is 134 Å². The second-order valence-corrected chi connectivity index (χ2v) is 7.13. The maximum atomic E-state index is 11.0. The van der Waals surface area contributed by atoms with Crippen molar-refractivity contribution in [2.24, 2.45) is 0 Å². The third-order valence-corrected chi connectivity index (χ3v) is 5.45. The number of rotatable bonds is 7. The summed E-state index contributed by atoms with van der Waals surface area (Å²) in [7, 11) is 1.75. The van der Waals surface area contributed by atoms with E-state index in [0.29, 0.717) is 12.1 Å². The van der Waals surface area contributed by atoms with Gasteiger partial charge in [0, 0.05) is 32.3 Å². The monoisotopic (exact) mass is 303 g/mol. The zero-order chi connectivity index (χ0) is 15.4. The fraction of sp³-hybridized carbons (Fsp3) is 0.684. The number of ether oxygens (including phenoxy) is 1. The number of nitrogens with zero attached hydrogens (tertiary/aromatic N) is 1. The lowest BCUT2D eigenvalue weighted by atomic mass is 9.82. The van der Waals surface area contributed by atoms with E-state index in [2.05, 4.69) is 35.2 Å². The highest BCUT2D eigenvalue weighted by molar-refractivity contribution is 5.16. The molecule has 3 rings (SSSR count). The van der Waals surface area contributed by atoms with Crippen LogP contribution >= 0.6 is 0 Å². The summed E-state index contributed by atoms with van der Waals surface area (Å²) in [5.74, 6) is 0. The average molecular weight is 303 g/mol. The molecule has 0 saturated carbocycles. The summed E-state index contributed by atoms with van der Waals surface area (Å²) in [5, 5.41) is 11.0. The summed E-state index contributed by atoms with van der Waals surface area (Å²) >= 11 is 0. The molecule has 0 spiro atoms. The lowest BCUT2D eigenvalue weighted by molar-refractivity contribution is -0.0615. The van der Waals surface area contributed by atoms with E-state index in [4.69, 9.17) is 4.74 Å². The van der Waals surface area contributed by atoms with E-state index in [1.807, 2.05) is 0 Å². The first-order valence-corrected chi connectivity index (χ1v) is 8.71. The van der Waals surface area contributed by atoms with Gasteiger partial charge in [-0.15, -0.1) is 0 Å². The van der Waals surface area contributed by atoms with Gasteiger partial charge in [-0.2, -0.15) is 0 Å². The summed E-state index contributed by atoms with van der Waals surface area (Å²) < 4.78 is 5.11. The van der Waals surface area contributed by atoms with E-state index in [0.717, 1.165) is 45.3 Å². The van der Waals surface area contributed by atoms with E-state index >= 15 is 0 Å². The molecule has 0 aliphatic carbocycles. The van der Waals surface area contributed by atoms with Crippen molar-refractivity contribution in [2.75, 3.05) is 13.7 Å². The van der Waals surface area contributed by atoms with E-state index in [9.17, 15) is 5.11 Å². The molecule has 2 heterocycles. The standard InChI is InChI=1S/C19H29NO2/c1-22-12-6-5-11-19(21)13-17-9-10-18(14-19)20(17)15-16-7-3-2-4-8-16/h2-4,7-8,17-18,21H,5-6,9-15H2,1H3. The fourth-order valence-electron chi connectivity index (χ4n) is 4.37. The van der Waals surface area contributed by atoms with Gasteiger partial charge in [-0.3, -0.25) is 4.90 Å². The highest BCUT2D eigenvalue weighted by Gasteiger charge is 2.46. The Morgan fingerprint density at radius 2 is 1.82 bits per heavy atom. The van der Waals surface area contributed by atoms with E-state index < -0.39 is 5.60 Å². The van der Waals surface area contributed by atoms with Crippen molar-refractivity contribution in [3.05, 3.63) is 35.9 Å². The van der Waals surface area contributed by atoms with Crippen molar-refractivity contribution in [3.8, 4) is 0 Å². The van der Waals surface area contributed by atoms with Gasteiger partial charge in [-0.25, -0.2) is 0 Å². The van der Waals surface area contributed by atoms with Crippen LogP contribution < -0.4 is 0 Å². The van der Waals surface area contributed by atoms with Crippen molar-refractivity contribution in [1.82, 2.24) is 4.90 Å².